The predicted molar refractivity (Wildman–Crippen MR) is 73.0 cm³/mol. The zero-order valence-corrected chi connectivity index (χ0v) is 10.6. The van der Waals surface area contributed by atoms with Crippen molar-refractivity contribution in [2.24, 2.45) is 7.05 Å². The molecular weight excluding hydrogens is 238 g/mol. The minimum atomic E-state index is 0.0444. The predicted octanol–water partition coefficient (Wildman–Crippen LogP) is 2.39. The summed E-state index contributed by atoms with van der Waals surface area (Å²) in [5.41, 5.74) is 1.78. The Morgan fingerprint density at radius 2 is 1.89 bits per heavy atom. The van der Waals surface area contributed by atoms with Gasteiger partial charge < -0.3 is 4.57 Å². The Labute approximate surface area is 110 Å². The maximum absolute atomic E-state index is 12.3. The first-order valence-corrected chi connectivity index (χ1v) is 6.09. The highest BCUT2D eigenvalue weighted by molar-refractivity contribution is 6.08. The van der Waals surface area contributed by atoms with Gasteiger partial charge in [0.25, 0.3) is 0 Å². The number of fused-ring (bicyclic) bond motifs is 1. The molecule has 94 valence electrons. The molecule has 0 radical (unpaired) electrons. The van der Waals surface area contributed by atoms with E-state index >= 15 is 0 Å². The number of aryl methyl sites for hydroxylation is 1. The third-order valence-corrected chi connectivity index (χ3v) is 3.14. The van der Waals surface area contributed by atoms with Crippen LogP contribution in [0.3, 0.4) is 0 Å². The quantitative estimate of drug-likeness (QED) is 0.671. The van der Waals surface area contributed by atoms with Crippen LogP contribution >= 0.6 is 0 Å². The number of hydrogen-bond donors (Lipinski definition) is 0. The van der Waals surface area contributed by atoms with Gasteiger partial charge in [-0.05, 0) is 12.1 Å². The second-order valence-electron chi connectivity index (χ2n) is 4.44. The number of benzene rings is 1. The molecule has 0 spiro atoms. The van der Waals surface area contributed by atoms with Crippen LogP contribution in [0.25, 0.3) is 10.9 Å². The largest absolute Gasteiger partial charge is 0.350 e. The molecule has 0 saturated heterocycles. The van der Waals surface area contributed by atoms with Gasteiger partial charge in [-0.2, -0.15) is 0 Å². The van der Waals surface area contributed by atoms with E-state index in [4.69, 9.17) is 0 Å². The second kappa shape index (κ2) is 4.65. The van der Waals surface area contributed by atoms with Crippen LogP contribution in [0.5, 0.6) is 0 Å². The zero-order chi connectivity index (χ0) is 13.2. The average molecular weight is 251 g/mol. The van der Waals surface area contributed by atoms with Gasteiger partial charge in [0.15, 0.2) is 5.78 Å². The Hall–Kier alpha value is -2.49. The van der Waals surface area contributed by atoms with Crippen LogP contribution in [0, 0.1) is 0 Å². The normalized spacial score (nSPS) is 10.8. The van der Waals surface area contributed by atoms with Gasteiger partial charge in [0.1, 0.15) is 5.82 Å². The van der Waals surface area contributed by atoms with E-state index in [1.165, 1.54) is 0 Å². The van der Waals surface area contributed by atoms with Crippen molar-refractivity contribution >= 4 is 16.7 Å². The third kappa shape index (κ3) is 2.12. The van der Waals surface area contributed by atoms with Gasteiger partial charge in [0, 0.05) is 42.1 Å². The summed E-state index contributed by atoms with van der Waals surface area (Å²) in [6.07, 6.45) is 5.40. The molecule has 2 heterocycles. The number of aromatic nitrogens is 3. The molecule has 3 aromatic rings. The van der Waals surface area contributed by atoms with E-state index in [-0.39, 0.29) is 12.2 Å². The molecule has 1 aromatic carbocycles. The Bertz CT molecular complexity index is 731. The molecule has 0 fully saturated rings. The van der Waals surface area contributed by atoms with E-state index in [1.54, 1.807) is 18.5 Å². The number of hydrogen-bond acceptors (Lipinski definition) is 3. The van der Waals surface area contributed by atoms with Crippen molar-refractivity contribution in [3.63, 3.8) is 0 Å². The van der Waals surface area contributed by atoms with Crippen LogP contribution in [-0.4, -0.2) is 20.3 Å². The van der Waals surface area contributed by atoms with Gasteiger partial charge in [-0.15, -0.1) is 0 Å². The van der Waals surface area contributed by atoms with E-state index in [2.05, 4.69) is 9.97 Å². The van der Waals surface area contributed by atoms with Crippen molar-refractivity contribution < 1.29 is 4.79 Å². The summed E-state index contributed by atoms with van der Waals surface area (Å²) < 4.78 is 1.97. The van der Waals surface area contributed by atoms with Crippen LogP contribution in [0.1, 0.15) is 16.2 Å². The van der Waals surface area contributed by atoms with Crippen LogP contribution in [-0.2, 0) is 13.5 Å². The first-order valence-electron chi connectivity index (χ1n) is 6.09. The maximum Gasteiger partial charge on any atom is 0.172 e. The Morgan fingerprint density at radius 3 is 2.68 bits per heavy atom. The third-order valence-electron chi connectivity index (χ3n) is 3.14. The number of rotatable bonds is 3. The molecule has 0 unspecified atom stereocenters. The molecule has 0 aliphatic rings. The molecule has 0 aliphatic carbocycles. The molecule has 3 rings (SSSR count). The molecule has 2 aromatic heterocycles. The maximum atomic E-state index is 12.3. The first-order chi connectivity index (χ1) is 9.25. The molecule has 0 saturated carbocycles. The summed E-state index contributed by atoms with van der Waals surface area (Å²) in [5.74, 6) is 0.600. The highest BCUT2D eigenvalue weighted by Crippen LogP contribution is 2.21. The molecule has 0 aliphatic heterocycles. The molecular formula is C15H13N3O. The van der Waals surface area contributed by atoms with E-state index in [1.807, 2.05) is 42.1 Å². The summed E-state index contributed by atoms with van der Waals surface area (Å²) in [5, 5.41) is 0.978. The van der Waals surface area contributed by atoms with Gasteiger partial charge in [0.05, 0.1) is 6.42 Å². The van der Waals surface area contributed by atoms with Gasteiger partial charge in [0.2, 0.25) is 0 Å². The smallest absolute Gasteiger partial charge is 0.172 e. The highest BCUT2D eigenvalue weighted by atomic mass is 16.1. The van der Waals surface area contributed by atoms with Gasteiger partial charge in [-0.25, -0.2) is 9.97 Å². The molecule has 0 N–H and O–H groups in total. The minimum Gasteiger partial charge on any atom is -0.350 e. The number of carbonyl (C=O) groups excluding carboxylic acids is 1. The summed E-state index contributed by atoms with van der Waals surface area (Å²) in [6, 6.07) is 9.63. The molecule has 0 atom stereocenters. The van der Waals surface area contributed by atoms with Crippen LogP contribution in [0.15, 0.2) is 48.9 Å². The van der Waals surface area contributed by atoms with Crippen molar-refractivity contribution in [3.05, 3.63) is 60.3 Å². The van der Waals surface area contributed by atoms with Crippen molar-refractivity contribution in [2.45, 2.75) is 6.42 Å². The van der Waals surface area contributed by atoms with Crippen LogP contribution in [0.4, 0.5) is 0 Å². The molecule has 19 heavy (non-hydrogen) atoms. The lowest BCUT2D eigenvalue weighted by molar-refractivity contribution is 0.0992. The van der Waals surface area contributed by atoms with Gasteiger partial charge in [-0.1, -0.05) is 18.2 Å². The van der Waals surface area contributed by atoms with Crippen molar-refractivity contribution in [1.29, 1.82) is 0 Å². The lowest BCUT2D eigenvalue weighted by Crippen LogP contribution is -2.06. The summed E-state index contributed by atoms with van der Waals surface area (Å²) >= 11 is 0. The van der Waals surface area contributed by atoms with E-state index in [9.17, 15) is 4.79 Å². The Kier molecular flexibility index (Phi) is 2.83. The fraction of sp³-hybridized carbons (Fsp3) is 0.133. The average Bonchev–Trinajstić information content (AvgIpc) is 2.78. The fourth-order valence-corrected chi connectivity index (χ4v) is 2.22. The summed E-state index contributed by atoms with van der Waals surface area (Å²) in [4.78, 5) is 20.5. The second-order valence-corrected chi connectivity index (χ2v) is 4.44. The first kappa shape index (κ1) is 11.6. The molecule has 4 nitrogen and oxygen atoms in total. The lowest BCUT2D eigenvalue weighted by atomic mass is 10.1. The summed E-state index contributed by atoms with van der Waals surface area (Å²) in [6.45, 7) is 0. The van der Waals surface area contributed by atoms with Gasteiger partial charge >= 0.3 is 0 Å². The van der Waals surface area contributed by atoms with E-state index in [0.29, 0.717) is 5.82 Å². The number of ketones is 1. The standard InChI is InChI=1S/C15H13N3O/c1-18-10-12(11-5-2-3-6-13(11)18)14(19)9-15-16-7-4-8-17-15/h2-8,10H,9H2,1H3. The zero-order valence-electron chi connectivity index (χ0n) is 10.6. The van der Waals surface area contributed by atoms with Crippen molar-refractivity contribution in [2.75, 3.05) is 0 Å². The number of Topliss-reactive ketones (excluding diaryl/α,β-unsaturated/α-hetero) is 1. The minimum absolute atomic E-state index is 0.0444. The topological polar surface area (TPSA) is 47.8 Å². The van der Waals surface area contributed by atoms with Crippen LogP contribution in [0.2, 0.25) is 0 Å². The summed E-state index contributed by atoms with van der Waals surface area (Å²) in [7, 11) is 1.94. The number of nitrogens with zero attached hydrogens (tertiary/aromatic N) is 3. The number of carbonyl (C=O) groups is 1. The molecule has 4 heteroatoms. The SMILES string of the molecule is Cn1cc(C(=O)Cc2ncccn2)c2ccccc21. The van der Waals surface area contributed by atoms with Crippen molar-refractivity contribution in [3.8, 4) is 0 Å². The molecule has 0 amide bonds. The Morgan fingerprint density at radius 1 is 1.16 bits per heavy atom. The van der Waals surface area contributed by atoms with Crippen LogP contribution < -0.4 is 0 Å². The molecule has 0 bridgehead atoms. The van der Waals surface area contributed by atoms with E-state index < -0.39 is 0 Å². The number of para-hydroxylation sites is 1. The van der Waals surface area contributed by atoms with Crippen molar-refractivity contribution in [1.82, 2.24) is 14.5 Å². The van der Waals surface area contributed by atoms with Gasteiger partial charge in [-0.3, -0.25) is 4.79 Å². The lowest BCUT2D eigenvalue weighted by Gasteiger charge is -1.98. The van der Waals surface area contributed by atoms with E-state index in [0.717, 1.165) is 16.5 Å². The highest BCUT2D eigenvalue weighted by Gasteiger charge is 2.14. The Balaban J connectivity index is 1.98. The monoisotopic (exact) mass is 251 g/mol. The fourth-order valence-electron chi connectivity index (χ4n) is 2.22.